The molecule has 0 aromatic rings. The summed E-state index contributed by atoms with van der Waals surface area (Å²) in [6, 6.07) is 0. The van der Waals surface area contributed by atoms with Crippen molar-refractivity contribution in [2.45, 2.75) is 258 Å². The topological polar surface area (TPSA) is 78.9 Å². The van der Waals surface area contributed by atoms with Gasteiger partial charge in [0.1, 0.15) is 13.2 Å². The van der Waals surface area contributed by atoms with Crippen LogP contribution in [-0.2, 0) is 28.6 Å². The molecular formula is C63H104O6. The lowest BCUT2D eigenvalue weighted by Gasteiger charge is -2.18. The SMILES string of the molecule is CC/C=C\C/C=C\C/C=C\C/C=C\C/C=C\CCCC(=O)OC(COC(=O)CCCCCCCCCC/C=C\C/C=C\C/C=C\C/C=C\CC)COC(=O)CCCCCCCCCCCCCCC. The molecule has 0 spiro atoms. The first-order chi connectivity index (χ1) is 34.0. The van der Waals surface area contributed by atoms with Crippen LogP contribution in [0.25, 0.3) is 0 Å². The predicted molar refractivity (Wildman–Crippen MR) is 297 cm³/mol. The molecule has 1 unspecified atom stereocenters. The van der Waals surface area contributed by atoms with E-state index in [9.17, 15) is 14.4 Å². The van der Waals surface area contributed by atoms with Crippen molar-refractivity contribution >= 4 is 17.9 Å². The van der Waals surface area contributed by atoms with Crippen LogP contribution in [0.1, 0.15) is 252 Å². The molecule has 0 N–H and O–H groups in total. The van der Waals surface area contributed by atoms with Crippen LogP contribution in [0.15, 0.2) is 109 Å². The predicted octanol–water partition coefficient (Wildman–Crippen LogP) is 19.1. The minimum absolute atomic E-state index is 0.103. The highest BCUT2D eigenvalue weighted by molar-refractivity contribution is 5.71. The lowest BCUT2D eigenvalue weighted by atomic mass is 10.0. The molecule has 1 atom stereocenters. The maximum Gasteiger partial charge on any atom is 0.306 e. The third-order valence-electron chi connectivity index (χ3n) is 11.8. The Morgan fingerprint density at radius 3 is 0.928 bits per heavy atom. The number of ether oxygens (including phenoxy) is 3. The minimum atomic E-state index is -0.811. The summed E-state index contributed by atoms with van der Waals surface area (Å²) in [4.78, 5) is 38.1. The molecule has 0 amide bonds. The summed E-state index contributed by atoms with van der Waals surface area (Å²) < 4.78 is 16.8. The fourth-order valence-electron chi connectivity index (χ4n) is 7.59. The molecule has 392 valence electrons. The van der Waals surface area contributed by atoms with Crippen molar-refractivity contribution in [1.29, 1.82) is 0 Å². The van der Waals surface area contributed by atoms with Crippen LogP contribution in [-0.4, -0.2) is 37.2 Å². The van der Waals surface area contributed by atoms with Gasteiger partial charge in [-0.05, 0) is 96.3 Å². The first kappa shape index (κ1) is 65.1. The molecule has 6 heteroatoms. The maximum absolute atomic E-state index is 12.8. The molecule has 0 saturated heterocycles. The Bertz CT molecular complexity index is 1420. The van der Waals surface area contributed by atoms with E-state index in [0.717, 1.165) is 109 Å². The molecule has 0 heterocycles. The molecule has 0 aromatic heterocycles. The Hall–Kier alpha value is -3.93. The first-order valence-corrected chi connectivity index (χ1v) is 28.4. The molecular weight excluding hydrogens is 853 g/mol. The molecule has 69 heavy (non-hydrogen) atoms. The van der Waals surface area contributed by atoms with Crippen molar-refractivity contribution in [1.82, 2.24) is 0 Å². The van der Waals surface area contributed by atoms with Gasteiger partial charge >= 0.3 is 17.9 Å². The normalized spacial score (nSPS) is 12.9. The number of carbonyl (C=O) groups is 3. The van der Waals surface area contributed by atoms with Gasteiger partial charge in [0.25, 0.3) is 0 Å². The smallest absolute Gasteiger partial charge is 0.306 e. The van der Waals surface area contributed by atoms with Crippen LogP contribution >= 0.6 is 0 Å². The van der Waals surface area contributed by atoms with E-state index in [1.54, 1.807) is 0 Å². The summed E-state index contributed by atoms with van der Waals surface area (Å²) in [6.07, 6.45) is 76.5. The largest absolute Gasteiger partial charge is 0.462 e. The Balaban J connectivity index is 4.46. The molecule has 0 aliphatic heterocycles. The number of carbonyl (C=O) groups excluding carboxylic acids is 3. The second kappa shape index (κ2) is 56.7. The van der Waals surface area contributed by atoms with E-state index in [-0.39, 0.29) is 37.5 Å². The van der Waals surface area contributed by atoms with Crippen LogP contribution in [0.2, 0.25) is 0 Å². The average molecular weight is 958 g/mol. The molecule has 6 nitrogen and oxygen atoms in total. The number of hydrogen-bond acceptors (Lipinski definition) is 6. The van der Waals surface area contributed by atoms with Crippen molar-refractivity contribution in [3.63, 3.8) is 0 Å². The fraction of sp³-hybridized carbons (Fsp3) is 0.667. The van der Waals surface area contributed by atoms with E-state index in [1.165, 1.54) is 96.3 Å². The molecule has 0 aliphatic rings. The van der Waals surface area contributed by atoms with E-state index in [4.69, 9.17) is 14.2 Å². The van der Waals surface area contributed by atoms with Gasteiger partial charge in [0.05, 0.1) is 0 Å². The lowest BCUT2D eigenvalue weighted by Crippen LogP contribution is -2.30. The highest BCUT2D eigenvalue weighted by Gasteiger charge is 2.19. The molecule has 0 fully saturated rings. The molecule has 0 saturated carbocycles. The second-order valence-corrected chi connectivity index (χ2v) is 18.4. The van der Waals surface area contributed by atoms with Crippen molar-refractivity contribution in [3.05, 3.63) is 109 Å². The Morgan fingerprint density at radius 2 is 0.580 bits per heavy atom. The van der Waals surface area contributed by atoms with Crippen LogP contribution in [0.5, 0.6) is 0 Å². The van der Waals surface area contributed by atoms with Gasteiger partial charge in [-0.2, -0.15) is 0 Å². The van der Waals surface area contributed by atoms with Crippen molar-refractivity contribution < 1.29 is 28.6 Å². The number of allylic oxidation sites excluding steroid dienone is 18. The third kappa shape index (κ3) is 54.9. The van der Waals surface area contributed by atoms with Gasteiger partial charge in [-0.1, -0.05) is 246 Å². The first-order valence-electron chi connectivity index (χ1n) is 28.4. The zero-order chi connectivity index (χ0) is 50.0. The Labute approximate surface area is 425 Å². The van der Waals surface area contributed by atoms with Crippen LogP contribution in [0.4, 0.5) is 0 Å². The van der Waals surface area contributed by atoms with Gasteiger partial charge < -0.3 is 14.2 Å². The third-order valence-corrected chi connectivity index (χ3v) is 11.8. The quantitative estimate of drug-likeness (QED) is 0.0262. The number of hydrogen-bond donors (Lipinski definition) is 0. The van der Waals surface area contributed by atoms with Gasteiger partial charge in [-0.25, -0.2) is 0 Å². The summed E-state index contributed by atoms with van der Waals surface area (Å²) in [5, 5.41) is 0. The van der Waals surface area contributed by atoms with Crippen LogP contribution in [0.3, 0.4) is 0 Å². The number of esters is 3. The zero-order valence-electron chi connectivity index (χ0n) is 44.8. The Morgan fingerprint density at radius 1 is 0.304 bits per heavy atom. The van der Waals surface area contributed by atoms with Gasteiger partial charge in [-0.3, -0.25) is 14.4 Å². The summed E-state index contributed by atoms with van der Waals surface area (Å²) in [5.41, 5.74) is 0. The summed E-state index contributed by atoms with van der Waals surface area (Å²) in [7, 11) is 0. The van der Waals surface area contributed by atoms with Crippen molar-refractivity contribution in [2.75, 3.05) is 13.2 Å². The number of unbranched alkanes of at least 4 members (excludes halogenated alkanes) is 21. The number of rotatable bonds is 50. The van der Waals surface area contributed by atoms with Gasteiger partial charge in [0.2, 0.25) is 0 Å². The lowest BCUT2D eigenvalue weighted by molar-refractivity contribution is -0.167. The zero-order valence-corrected chi connectivity index (χ0v) is 44.8. The molecule has 0 bridgehead atoms. The van der Waals surface area contributed by atoms with E-state index in [2.05, 4.69) is 130 Å². The van der Waals surface area contributed by atoms with Crippen molar-refractivity contribution in [2.24, 2.45) is 0 Å². The van der Waals surface area contributed by atoms with E-state index >= 15 is 0 Å². The van der Waals surface area contributed by atoms with Crippen LogP contribution in [0, 0.1) is 0 Å². The van der Waals surface area contributed by atoms with Gasteiger partial charge in [0.15, 0.2) is 6.10 Å². The molecule has 0 aliphatic carbocycles. The van der Waals surface area contributed by atoms with Gasteiger partial charge in [-0.15, -0.1) is 0 Å². The standard InChI is InChI=1S/C63H104O6/c1-4-7-10-13-16-19-22-25-27-29-30-31-32-34-35-38-41-44-47-50-53-56-62(65)68-59-60(58-67-61(64)55-52-49-46-43-40-37-24-21-18-15-12-9-6-3)69-63(66)57-54-51-48-45-42-39-36-33-28-26-23-20-17-14-11-8-5-2/h7-8,10-11,16-17,19-20,25-28,30-31,36,39,45,48,60H,4-6,9,12-15,18,21-24,29,32-35,37-38,40-44,46-47,49-59H2,1-3H3/b10-7-,11-8-,19-16-,20-17-,27-25-,28-26-,31-30-,39-36-,48-45-. The second-order valence-electron chi connectivity index (χ2n) is 18.4. The van der Waals surface area contributed by atoms with Crippen molar-refractivity contribution in [3.8, 4) is 0 Å². The fourth-order valence-corrected chi connectivity index (χ4v) is 7.59. The monoisotopic (exact) mass is 957 g/mol. The summed E-state index contributed by atoms with van der Waals surface area (Å²) in [6.45, 7) is 6.36. The van der Waals surface area contributed by atoms with E-state index < -0.39 is 6.10 Å². The Kier molecular flexibility index (Phi) is 53.4. The molecule has 0 rings (SSSR count). The molecule has 0 radical (unpaired) electrons. The average Bonchev–Trinajstić information content (AvgIpc) is 3.35. The van der Waals surface area contributed by atoms with E-state index in [0.29, 0.717) is 19.3 Å². The summed E-state index contributed by atoms with van der Waals surface area (Å²) >= 11 is 0. The highest BCUT2D eigenvalue weighted by Crippen LogP contribution is 2.15. The molecule has 0 aromatic carbocycles. The summed E-state index contributed by atoms with van der Waals surface area (Å²) in [5.74, 6) is -0.969. The maximum atomic E-state index is 12.8. The minimum Gasteiger partial charge on any atom is -0.462 e. The van der Waals surface area contributed by atoms with E-state index in [1.807, 2.05) is 0 Å². The highest BCUT2D eigenvalue weighted by atomic mass is 16.6. The van der Waals surface area contributed by atoms with Crippen LogP contribution < -0.4 is 0 Å². The van der Waals surface area contributed by atoms with Gasteiger partial charge in [0, 0.05) is 19.3 Å².